The number of furan rings is 1. The first kappa shape index (κ1) is 15.8. The minimum absolute atomic E-state index is 0.0193. The minimum atomic E-state index is -0.468. The largest absolute Gasteiger partial charge is 0.467 e. The normalized spacial score (nSPS) is 13.9. The van der Waals surface area contributed by atoms with E-state index in [4.69, 9.17) is 10.2 Å². The van der Waals surface area contributed by atoms with Gasteiger partial charge in [-0.1, -0.05) is 26.3 Å². The molecule has 1 amide bonds. The maximum absolute atomic E-state index is 12.7. The van der Waals surface area contributed by atoms with Gasteiger partial charge in [-0.15, -0.1) is 11.3 Å². The number of rotatable bonds is 7. The lowest BCUT2D eigenvalue weighted by molar-refractivity contribution is -0.135. The second-order valence-electron chi connectivity index (χ2n) is 5.26. The van der Waals surface area contributed by atoms with E-state index >= 15 is 0 Å². The summed E-state index contributed by atoms with van der Waals surface area (Å²) in [6, 6.07) is 7.26. The van der Waals surface area contributed by atoms with Gasteiger partial charge in [0, 0.05) is 4.88 Å². The number of hydrogen-bond donors (Lipinski definition) is 1. The van der Waals surface area contributed by atoms with Crippen LogP contribution in [-0.4, -0.2) is 16.8 Å². The lowest BCUT2D eigenvalue weighted by atomic mass is 9.99. The van der Waals surface area contributed by atoms with Crippen LogP contribution in [0.4, 0.5) is 0 Å². The molecular weight excluding hydrogens is 284 g/mol. The number of nitrogens with zero attached hydrogens (tertiary/aromatic N) is 1. The van der Waals surface area contributed by atoms with E-state index < -0.39 is 6.04 Å². The first-order chi connectivity index (χ1) is 10.1. The average molecular weight is 306 g/mol. The molecule has 0 unspecified atom stereocenters. The van der Waals surface area contributed by atoms with Gasteiger partial charge in [0.15, 0.2) is 0 Å². The SMILES string of the molecule is CC[C@H](C)[C@H](N)C(=O)N(Cc1ccco1)Cc1cccs1. The molecule has 114 valence electrons. The highest BCUT2D eigenvalue weighted by Crippen LogP contribution is 2.17. The smallest absolute Gasteiger partial charge is 0.240 e. The summed E-state index contributed by atoms with van der Waals surface area (Å²) < 4.78 is 5.37. The van der Waals surface area contributed by atoms with Crippen LogP contribution in [0.5, 0.6) is 0 Å². The van der Waals surface area contributed by atoms with Gasteiger partial charge in [0.1, 0.15) is 5.76 Å². The quantitative estimate of drug-likeness (QED) is 0.854. The van der Waals surface area contributed by atoms with Crippen molar-refractivity contribution in [3.8, 4) is 0 Å². The van der Waals surface area contributed by atoms with Gasteiger partial charge in [0.2, 0.25) is 5.91 Å². The van der Waals surface area contributed by atoms with Crippen LogP contribution in [0.25, 0.3) is 0 Å². The van der Waals surface area contributed by atoms with Crippen molar-refractivity contribution in [1.29, 1.82) is 0 Å². The van der Waals surface area contributed by atoms with Gasteiger partial charge >= 0.3 is 0 Å². The Morgan fingerprint density at radius 1 is 1.38 bits per heavy atom. The fourth-order valence-electron chi connectivity index (χ4n) is 2.10. The molecular formula is C16H22N2O2S. The highest BCUT2D eigenvalue weighted by Gasteiger charge is 2.26. The van der Waals surface area contributed by atoms with Crippen LogP contribution in [0.15, 0.2) is 40.3 Å². The summed E-state index contributed by atoms with van der Waals surface area (Å²) in [5.41, 5.74) is 6.11. The Kier molecular flexibility index (Phi) is 5.59. The van der Waals surface area contributed by atoms with E-state index in [0.717, 1.165) is 17.1 Å². The van der Waals surface area contributed by atoms with Gasteiger partial charge in [0.05, 0.1) is 25.4 Å². The molecule has 2 rings (SSSR count). The van der Waals surface area contributed by atoms with Gasteiger partial charge in [-0.3, -0.25) is 4.79 Å². The molecule has 21 heavy (non-hydrogen) atoms. The lowest BCUT2D eigenvalue weighted by Crippen LogP contribution is -2.46. The number of carbonyl (C=O) groups is 1. The van der Waals surface area contributed by atoms with Crippen molar-refractivity contribution in [2.75, 3.05) is 0 Å². The Morgan fingerprint density at radius 2 is 2.19 bits per heavy atom. The van der Waals surface area contributed by atoms with E-state index in [2.05, 4.69) is 0 Å². The van der Waals surface area contributed by atoms with Crippen molar-refractivity contribution in [2.24, 2.45) is 11.7 Å². The summed E-state index contributed by atoms with van der Waals surface area (Å²) in [5, 5.41) is 2.01. The Balaban J connectivity index is 2.12. The molecule has 0 radical (unpaired) electrons. The third-order valence-corrected chi connectivity index (χ3v) is 4.57. The van der Waals surface area contributed by atoms with Gasteiger partial charge in [-0.2, -0.15) is 0 Å². The number of thiophene rings is 1. The molecule has 0 saturated heterocycles. The number of nitrogens with two attached hydrogens (primary N) is 1. The molecule has 5 heteroatoms. The Labute approximate surface area is 129 Å². The topological polar surface area (TPSA) is 59.5 Å². The van der Waals surface area contributed by atoms with E-state index in [9.17, 15) is 4.79 Å². The van der Waals surface area contributed by atoms with Gasteiger partial charge in [-0.05, 0) is 29.5 Å². The summed E-state index contributed by atoms with van der Waals surface area (Å²) in [7, 11) is 0. The molecule has 0 aromatic carbocycles. The van der Waals surface area contributed by atoms with Gasteiger partial charge in [0.25, 0.3) is 0 Å². The molecule has 0 aliphatic heterocycles. The molecule has 2 aromatic rings. The monoisotopic (exact) mass is 306 g/mol. The first-order valence-corrected chi connectivity index (χ1v) is 8.09. The van der Waals surface area contributed by atoms with Gasteiger partial charge < -0.3 is 15.1 Å². The molecule has 0 bridgehead atoms. The van der Waals surface area contributed by atoms with Crippen LogP contribution in [0.3, 0.4) is 0 Å². The molecule has 0 aliphatic carbocycles. The van der Waals surface area contributed by atoms with Crippen molar-refractivity contribution in [3.05, 3.63) is 46.5 Å². The fourth-order valence-corrected chi connectivity index (χ4v) is 2.82. The lowest BCUT2D eigenvalue weighted by Gasteiger charge is -2.27. The molecule has 2 atom stereocenters. The summed E-state index contributed by atoms with van der Waals surface area (Å²) in [4.78, 5) is 15.6. The van der Waals surface area contributed by atoms with Crippen molar-refractivity contribution >= 4 is 17.2 Å². The highest BCUT2D eigenvalue weighted by molar-refractivity contribution is 7.09. The molecule has 2 heterocycles. The summed E-state index contributed by atoms with van der Waals surface area (Å²) in [6.45, 7) is 5.09. The zero-order valence-corrected chi connectivity index (χ0v) is 13.3. The maximum atomic E-state index is 12.7. The van der Waals surface area contributed by atoms with Crippen LogP contribution in [0.1, 0.15) is 30.9 Å². The zero-order valence-electron chi connectivity index (χ0n) is 12.5. The van der Waals surface area contributed by atoms with E-state index in [1.807, 2.05) is 43.5 Å². The third kappa shape index (κ3) is 4.19. The molecule has 2 N–H and O–H groups in total. The van der Waals surface area contributed by atoms with Crippen molar-refractivity contribution < 1.29 is 9.21 Å². The minimum Gasteiger partial charge on any atom is -0.467 e. The average Bonchev–Trinajstić information content (AvgIpc) is 3.17. The van der Waals surface area contributed by atoms with Crippen LogP contribution in [0.2, 0.25) is 0 Å². The number of amides is 1. The molecule has 0 fully saturated rings. The highest BCUT2D eigenvalue weighted by atomic mass is 32.1. The summed E-state index contributed by atoms with van der Waals surface area (Å²) >= 11 is 1.64. The Bertz CT molecular complexity index is 500. The Hall–Kier alpha value is -1.59. The van der Waals surface area contributed by atoms with E-state index in [0.29, 0.717) is 13.1 Å². The van der Waals surface area contributed by atoms with Crippen molar-refractivity contribution in [1.82, 2.24) is 4.90 Å². The summed E-state index contributed by atoms with van der Waals surface area (Å²) in [6.07, 6.45) is 2.51. The fraction of sp³-hybridized carbons (Fsp3) is 0.438. The van der Waals surface area contributed by atoms with Crippen LogP contribution < -0.4 is 5.73 Å². The van der Waals surface area contributed by atoms with Crippen LogP contribution >= 0.6 is 11.3 Å². The van der Waals surface area contributed by atoms with Crippen LogP contribution in [-0.2, 0) is 17.9 Å². The van der Waals surface area contributed by atoms with E-state index in [-0.39, 0.29) is 11.8 Å². The second kappa shape index (κ2) is 7.43. The molecule has 0 spiro atoms. The molecule has 2 aromatic heterocycles. The van der Waals surface area contributed by atoms with E-state index in [1.165, 1.54) is 0 Å². The van der Waals surface area contributed by atoms with E-state index in [1.54, 1.807) is 22.5 Å². The third-order valence-electron chi connectivity index (χ3n) is 3.71. The maximum Gasteiger partial charge on any atom is 0.240 e. The first-order valence-electron chi connectivity index (χ1n) is 7.21. The van der Waals surface area contributed by atoms with Gasteiger partial charge in [-0.25, -0.2) is 0 Å². The van der Waals surface area contributed by atoms with Crippen molar-refractivity contribution in [3.63, 3.8) is 0 Å². The molecule has 4 nitrogen and oxygen atoms in total. The molecule has 0 aliphatic rings. The second-order valence-corrected chi connectivity index (χ2v) is 6.30. The predicted molar refractivity (Wildman–Crippen MR) is 84.7 cm³/mol. The zero-order chi connectivity index (χ0) is 15.2. The number of hydrogen-bond acceptors (Lipinski definition) is 4. The number of carbonyl (C=O) groups excluding carboxylic acids is 1. The van der Waals surface area contributed by atoms with Crippen molar-refractivity contribution in [2.45, 2.75) is 39.4 Å². The Morgan fingerprint density at radius 3 is 2.76 bits per heavy atom. The summed E-state index contributed by atoms with van der Waals surface area (Å²) in [5.74, 6) is 0.922. The molecule has 0 saturated carbocycles. The van der Waals surface area contributed by atoms with Crippen LogP contribution in [0, 0.1) is 5.92 Å². The predicted octanol–water partition coefficient (Wildman–Crippen LogP) is 3.24. The standard InChI is InChI=1S/C16H22N2O2S/c1-3-12(2)15(17)16(19)18(10-13-6-4-8-20-13)11-14-7-5-9-21-14/h4-9,12,15H,3,10-11,17H2,1-2H3/t12-,15-/m0/s1.